The van der Waals surface area contributed by atoms with Crippen molar-refractivity contribution in [2.24, 2.45) is 0 Å². The normalized spacial score (nSPS) is 17.8. The summed E-state index contributed by atoms with van der Waals surface area (Å²) < 4.78 is 0. The number of rotatable bonds is 2. The van der Waals surface area contributed by atoms with E-state index in [9.17, 15) is 0 Å². The Morgan fingerprint density at radius 1 is 1.22 bits per heavy atom. The molecule has 1 atom stereocenters. The first-order chi connectivity index (χ1) is 8.86. The molecule has 1 N–H and O–H groups in total. The average Bonchev–Trinajstić information content (AvgIpc) is 2.89. The average molecular weight is 259 g/mol. The molecule has 4 nitrogen and oxygen atoms in total. The number of nitrogens with one attached hydrogen (secondary N) is 1. The molecule has 1 aliphatic heterocycles. The van der Waals surface area contributed by atoms with E-state index in [-0.39, 0.29) is 6.17 Å². The lowest BCUT2D eigenvalue weighted by atomic mass is 10.1. The molecular formula is C13H11ClN4. The van der Waals surface area contributed by atoms with E-state index in [0.717, 1.165) is 16.4 Å². The largest absolute Gasteiger partial charge is 0.366 e. The summed E-state index contributed by atoms with van der Waals surface area (Å²) in [5.41, 5.74) is 1.02. The second-order valence-corrected chi connectivity index (χ2v) is 4.29. The zero-order chi connectivity index (χ0) is 12.4. The van der Waals surface area contributed by atoms with Crippen LogP contribution in [0.25, 0.3) is 0 Å². The summed E-state index contributed by atoms with van der Waals surface area (Å²) in [7, 11) is 0. The van der Waals surface area contributed by atoms with E-state index in [0.29, 0.717) is 0 Å². The number of hydrogen-bond donors (Lipinski definition) is 1. The van der Waals surface area contributed by atoms with Gasteiger partial charge in [0.25, 0.3) is 0 Å². The van der Waals surface area contributed by atoms with Gasteiger partial charge in [-0.2, -0.15) is 0 Å². The van der Waals surface area contributed by atoms with Crippen molar-refractivity contribution < 1.29 is 0 Å². The molecule has 18 heavy (non-hydrogen) atoms. The van der Waals surface area contributed by atoms with Gasteiger partial charge in [0.1, 0.15) is 18.3 Å². The second-order valence-electron chi connectivity index (χ2n) is 3.88. The molecule has 0 fully saturated rings. The highest BCUT2D eigenvalue weighted by molar-refractivity contribution is 6.31. The molecule has 1 aromatic carbocycles. The zero-order valence-electron chi connectivity index (χ0n) is 9.49. The Hall–Kier alpha value is -2.07. The Bertz CT molecular complexity index is 570. The molecule has 2 aromatic rings. The van der Waals surface area contributed by atoms with Crippen LogP contribution < -0.4 is 10.2 Å². The van der Waals surface area contributed by atoms with E-state index in [1.165, 1.54) is 6.33 Å². The van der Waals surface area contributed by atoms with Crippen molar-refractivity contribution in [1.82, 2.24) is 15.3 Å². The third-order valence-corrected chi connectivity index (χ3v) is 3.14. The van der Waals surface area contributed by atoms with Gasteiger partial charge in [0.15, 0.2) is 0 Å². The summed E-state index contributed by atoms with van der Waals surface area (Å²) in [6, 6.07) is 9.64. The number of benzene rings is 1. The lowest BCUT2D eigenvalue weighted by molar-refractivity contribution is 0.661. The third-order valence-electron chi connectivity index (χ3n) is 2.80. The molecule has 0 bridgehead atoms. The number of aromatic nitrogens is 2. The van der Waals surface area contributed by atoms with Crippen molar-refractivity contribution in [3.63, 3.8) is 0 Å². The molecule has 2 heterocycles. The summed E-state index contributed by atoms with van der Waals surface area (Å²) >= 11 is 6.23. The molecule has 1 unspecified atom stereocenters. The lowest BCUT2D eigenvalue weighted by Crippen LogP contribution is -2.27. The summed E-state index contributed by atoms with van der Waals surface area (Å²) in [5.74, 6) is 0.830. The topological polar surface area (TPSA) is 41.0 Å². The summed E-state index contributed by atoms with van der Waals surface area (Å²) in [5, 5.41) is 4.00. The maximum Gasteiger partial charge on any atom is 0.137 e. The first kappa shape index (κ1) is 11.0. The summed E-state index contributed by atoms with van der Waals surface area (Å²) in [6.07, 6.45) is 7.05. The molecule has 3 rings (SSSR count). The molecule has 0 saturated carbocycles. The van der Waals surface area contributed by atoms with Crippen molar-refractivity contribution in [3.8, 4) is 0 Å². The Balaban J connectivity index is 1.97. The number of halogens is 1. The lowest BCUT2D eigenvalue weighted by Gasteiger charge is -2.25. The fourth-order valence-corrected chi connectivity index (χ4v) is 2.20. The fourth-order valence-electron chi connectivity index (χ4n) is 1.96. The first-order valence-corrected chi connectivity index (χ1v) is 5.95. The van der Waals surface area contributed by atoms with Crippen molar-refractivity contribution >= 4 is 17.4 Å². The smallest absolute Gasteiger partial charge is 0.137 e. The van der Waals surface area contributed by atoms with Crippen molar-refractivity contribution in [2.75, 3.05) is 4.90 Å². The molecule has 0 radical (unpaired) electrons. The van der Waals surface area contributed by atoms with Crippen LogP contribution in [-0.4, -0.2) is 9.97 Å². The number of nitrogens with zero attached hydrogens (tertiary/aromatic N) is 3. The van der Waals surface area contributed by atoms with Crippen LogP contribution in [0.15, 0.2) is 55.3 Å². The van der Waals surface area contributed by atoms with Gasteiger partial charge in [-0.1, -0.05) is 29.8 Å². The van der Waals surface area contributed by atoms with E-state index < -0.39 is 0 Å². The van der Waals surface area contributed by atoms with Gasteiger partial charge in [-0.3, -0.25) is 0 Å². The zero-order valence-corrected chi connectivity index (χ0v) is 10.2. The van der Waals surface area contributed by atoms with Gasteiger partial charge < -0.3 is 10.2 Å². The van der Waals surface area contributed by atoms with Gasteiger partial charge in [-0.05, 0) is 12.1 Å². The van der Waals surface area contributed by atoms with E-state index in [4.69, 9.17) is 11.6 Å². The van der Waals surface area contributed by atoms with Crippen LogP contribution >= 0.6 is 11.6 Å². The second kappa shape index (κ2) is 4.66. The standard InChI is InChI=1S/C13H11ClN4/c14-11-4-2-1-3-10(11)13-16-7-8-18(13)12-5-6-15-9-17-12/h1-9,13,16H. The Morgan fingerprint density at radius 3 is 2.89 bits per heavy atom. The van der Waals surface area contributed by atoms with Gasteiger partial charge in [-0.15, -0.1) is 0 Å². The minimum Gasteiger partial charge on any atom is -0.366 e. The van der Waals surface area contributed by atoms with Crippen LogP contribution in [-0.2, 0) is 0 Å². The van der Waals surface area contributed by atoms with Crippen molar-refractivity contribution in [1.29, 1.82) is 0 Å². The van der Waals surface area contributed by atoms with Crippen LogP contribution in [0.2, 0.25) is 5.02 Å². The van der Waals surface area contributed by atoms with Crippen molar-refractivity contribution in [3.05, 3.63) is 65.8 Å². The van der Waals surface area contributed by atoms with Gasteiger partial charge in [0, 0.05) is 29.2 Å². The first-order valence-electron chi connectivity index (χ1n) is 5.58. The maximum absolute atomic E-state index is 6.23. The van der Waals surface area contributed by atoms with Crippen LogP contribution in [0.1, 0.15) is 11.7 Å². The third kappa shape index (κ3) is 1.91. The molecule has 0 aliphatic carbocycles. The summed E-state index contributed by atoms with van der Waals surface area (Å²) in [4.78, 5) is 10.2. The highest BCUT2D eigenvalue weighted by Gasteiger charge is 2.24. The number of anilines is 1. The monoisotopic (exact) mass is 258 g/mol. The molecule has 90 valence electrons. The summed E-state index contributed by atoms with van der Waals surface area (Å²) in [6.45, 7) is 0. The Labute approximate surface area is 110 Å². The van der Waals surface area contributed by atoms with E-state index in [1.807, 2.05) is 47.6 Å². The van der Waals surface area contributed by atoms with Gasteiger partial charge in [0.05, 0.1) is 0 Å². The van der Waals surface area contributed by atoms with Gasteiger partial charge >= 0.3 is 0 Å². The van der Waals surface area contributed by atoms with E-state index in [1.54, 1.807) is 6.20 Å². The van der Waals surface area contributed by atoms with Crippen LogP contribution in [0.4, 0.5) is 5.82 Å². The molecule has 0 saturated heterocycles. The minimum atomic E-state index is -0.0337. The molecule has 5 heteroatoms. The van der Waals surface area contributed by atoms with Gasteiger partial charge in [0.2, 0.25) is 0 Å². The molecular weight excluding hydrogens is 248 g/mol. The molecule has 1 aliphatic rings. The molecule has 1 aromatic heterocycles. The van der Waals surface area contributed by atoms with E-state index in [2.05, 4.69) is 15.3 Å². The minimum absolute atomic E-state index is 0.0337. The number of hydrogen-bond acceptors (Lipinski definition) is 4. The SMILES string of the molecule is Clc1ccccc1C1NC=CN1c1ccncn1. The maximum atomic E-state index is 6.23. The highest BCUT2D eigenvalue weighted by Crippen LogP contribution is 2.30. The van der Waals surface area contributed by atoms with Crippen LogP contribution in [0.3, 0.4) is 0 Å². The predicted octanol–water partition coefficient (Wildman–Crippen LogP) is 2.71. The Morgan fingerprint density at radius 2 is 2.11 bits per heavy atom. The molecule has 0 amide bonds. The fraction of sp³-hybridized carbons (Fsp3) is 0.0769. The van der Waals surface area contributed by atoms with Crippen molar-refractivity contribution in [2.45, 2.75) is 6.17 Å². The Kier molecular flexibility index (Phi) is 2.86. The predicted molar refractivity (Wildman–Crippen MR) is 71.0 cm³/mol. The van der Waals surface area contributed by atoms with Crippen LogP contribution in [0, 0.1) is 0 Å². The highest BCUT2D eigenvalue weighted by atomic mass is 35.5. The van der Waals surface area contributed by atoms with Gasteiger partial charge in [-0.25, -0.2) is 9.97 Å². The van der Waals surface area contributed by atoms with E-state index >= 15 is 0 Å². The molecule has 0 spiro atoms. The van der Waals surface area contributed by atoms with Crippen LogP contribution in [0.5, 0.6) is 0 Å². The quantitative estimate of drug-likeness (QED) is 0.899.